The lowest BCUT2D eigenvalue weighted by Gasteiger charge is -2.05. The van der Waals surface area contributed by atoms with E-state index in [1.807, 2.05) is 38.3 Å². The van der Waals surface area contributed by atoms with Crippen LogP contribution in [0.3, 0.4) is 0 Å². The van der Waals surface area contributed by atoms with Crippen LogP contribution in [-0.4, -0.2) is 25.3 Å². The van der Waals surface area contributed by atoms with Gasteiger partial charge in [0, 0.05) is 14.1 Å². The topological polar surface area (TPSA) is 15.6 Å². The van der Waals surface area contributed by atoms with Crippen molar-refractivity contribution < 1.29 is 0 Å². The van der Waals surface area contributed by atoms with Gasteiger partial charge in [0.15, 0.2) is 0 Å². The largest absolute Gasteiger partial charge is 0.369 e. The van der Waals surface area contributed by atoms with E-state index >= 15 is 0 Å². The zero-order valence-electron chi connectivity index (χ0n) is 9.86. The third-order valence-corrected chi connectivity index (χ3v) is 2.05. The minimum absolute atomic E-state index is 1.00. The minimum atomic E-state index is 1.00. The summed E-state index contributed by atoms with van der Waals surface area (Å²) in [6.07, 6.45) is 3.83. The van der Waals surface area contributed by atoms with Gasteiger partial charge in [-0.25, -0.2) is 4.99 Å². The zero-order valence-corrected chi connectivity index (χ0v) is 9.86. The molecule has 15 heavy (non-hydrogen) atoms. The summed E-state index contributed by atoms with van der Waals surface area (Å²) in [5, 5.41) is 0. The maximum atomic E-state index is 4.40. The van der Waals surface area contributed by atoms with Gasteiger partial charge in [0.2, 0.25) is 0 Å². The minimum Gasteiger partial charge on any atom is -0.369 e. The molecular weight excluding hydrogens is 184 g/mol. The molecule has 0 saturated carbocycles. The summed E-state index contributed by atoms with van der Waals surface area (Å²) in [5.41, 5.74) is 3.43. The lowest BCUT2D eigenvalue weighted by molar-refractivity contribution is 0.643. The number of hydrogen-bond donors (Lipinski definition) is 0. The Morgan fingerprint density at radius 2 is 1.80 bits per heavy atom. The van der Waals surface area contributed by atoms with E-state index in [0.717, 1.165) is 11.3 Å². The van der Waals surface area contributed by atoms with Crippen LogP contribution in [0.5, 0.6) is 0 Å². The molecule has 0 radical (unpaired) electrons. The van der Waals surface area contributed by atoms with Gasteiger partial charge in [0.05, 0.1) is 12.0 Å². The third-order valence-electron chi connectivity index (χ3n) is 2.05. The van der Waals surface area contributed by atoms with Crippen molar-refractivity contribution in [2.24, 2.45) is 4.99 Å². The number of aryl methyl sites for hydroxylation is 1. The molecule has 1 aromatic rings. The monoisotopic (exact) mass is 202 g/mol. The molecule has 0 unspecified atom stereocenters. The van der Waals surface area contributed by atoms with Crippen LogP contribution < -0.4 is 0 Å². The van der Waals surface area contributed by atoms with Gasteiger partial charge in [-0.15, -0.1) is 0 Å². The first-order valence-corrected chi connectivity index (χ1v) is 5.07. The summed E-state index contributed by atoms with van der Waals surface area (Å²) >= 11 is 0. The van der Waals surface area contributed by atoms with Crippen molar-refractivity contribution in [2.75, 3.05) is 14.1 Å². The van der Waals surface area contributed by atoms with E-state index in [9.17, 15) is 0 Å². The summed E-state index contributed by atoms with van der Waals surface area (Å²) in [6, 6.07) is 8.39. The maximum Gasteiger partial charge on any atom is 0.0907 e. The second kappa shape index (κ2) is 5.35. The molecule has 0 spiro atoms. The van der Waals surface area contributed by atoms with E-state index in [-0.39, 0.29) is 0 Å². The van der Waals surface area contributed by atoms with Crippen LogP contribution >= 0.6 is 0 Å². The summed E-state index contributed by atoms with van der Waals surface area (Å²) in [4.78, 5) is 6.33. The lowest BCUT2D eigenvalue weighted by Crippen LogP contribution is -2.07. The molecule has 0 aliphatic carbocycles. The summed E-state index contributed by atoms with van der Waals surface area (Å²) in [5.74, 6) is 0. The molecule has 0 aromatic heterocycles. The highest BCUT2D eigenvalue weighted by Crippen LogP contribution is 2.15. The number of aliphatic imine (C=N–C) groups is 1. The highest BCUT2D eigenvalue weighted by molar-refractivity contribution is 5.72. The SMILES string of the molecule is CC=C(N=CN(C)C)c1ccc(C)cc1. The fourth-order valence-corrected chi connectivity index (χ4v) is 1.22. The molecule has 0 bridgehead atoms. The van der Waals surface area contributed by atoms with Crippen LogP contribution in [0.4, 0.5) is 0 Å². The predicted molar refractivity (Wildman–Crippen MR) is 67.0 cm³/mol. The van der Waals surface area contributed by atoms with Crippen molar-refractivity contribution in [1.29, 1.82) is 0 Å². The highest BCUT2D eigenvalue weighted by atomic mass is 15.1. The fraction of sp³-hybridized carbons (Fsp3) is 0.308. The molecule has 80 valence electrons. The molecule has 0 heterocycles. The Labute approximate surface area is 92.0 Å². The van der Waals surface area contributed by atoms with Gasteiger partial charge in [-0.05, 0) is 19.4 Å². The van der Waals surface area contributed by atoms with E-state index in [0.29, 0.717) is 0 Å². The Kier molecular flexibility index (Phi) is 4.10. The number of hydrogen-bond acceptors (Lipinski definition) is 1. The molecular formula is C13H18N2. The quantitative estimate of drug-likeness (QED) is 0.543. The summed E-state index contributed by atoms with van der Waals surface area (Å²) in [7, 11) is 3.93. The summed E-state index contributed by atoms with van der Waals surface area (Å²) in [6.45, 7) is 4.09. The zero-order chi connectivity index (χ0) is 11.3. The van der Waals surface area contributed by atoms with Gasteiger partial charge in [0.25, 0.3) is 0 Å². The molecule has 2 nitrogen and oxygen atoms in total. The van der Waals surface area contributed by atoms with Crippen LogP contribution in [0.2, 0.25) is 0 Å². The van der Waals surface area contributed by atoms with Gasteiger partial charge in [-0.3, -0.25) is 0 Å². The standard InChI is InChI=1S/C13H18N2/c1-5-13(14-10-15(3)4)12-8-6-11(2)7-9-12/h5-10H,1-4H3. The number of benzene rings is 1. The molecule has 2 heteroatoms. The first kappa shape index (κ1) is 11.5. The predicted octanol–water partition coefficient (Wildman–Crippen LogP) is 2.95. The molecule has 1 aromatic carbocycles. The van der Waals surface area contributed by atoms with Gasteiger partial charge < -0.3 is 4.90 Å². The lowest BCUT2D eigenvalue weighted by atomic mass is 10.1. The molecule has 0 aliphatic heterocycles. The molecule has 0 fully saturated rings. The van der Waals surface area contributed by atoms with Crippen LogP contribution in [0.25, 0.3) is 5.70 Å². The average molecular weight is 202 g/mol. The van der Waals surface area contributed by atoms with Gasteiger partial charge in [0.1, 0.15) is 0 Å². The van der Waals surface area contributed by atoms with Crippen LogP contribution in [0, 0.1) is 6.92 Å². The van der Waals surface area contributed by atoms with Crippen LogP contribution in [0.15, 0.2) is 35.3 Å². The van der Waals surface area contributed by atoms with Crippen molar-refractivity contribution >= 4 is 12.0 Å². The Bertz CT molecular complexity index is 359. The fourth-order valence-electron chi connectivity index (χ4n) is 1.22. The number of rotatable bonds is 3. The second-order valence-electron chi connectivity index (χ2n) is 3.75. The normalized spacial score (nSPS) is 12.1. The first-order chi connectivity index (χ1) is 7.13. The van der Waals surface area contributed by atoms with Crippen LogP contribution in [0.1, 0.15) is 18.1 Å². The van der Waals surface area contributed by atoms with Crippen molar-refractivity contribution in [3.8, 4) is 0 Å². The summed E-state index contributed by atoms with van der Waals surface area (Å²) < 4.78 is 0. The van der Waals surface area contributed by atoms with E-state index in [2.05, 4.69) is 36.2 Å². The first-order valence-electron chi connectivity index (χ1n) is 5.07. The molecule has 0 amide bonds. The Hall–Kier alpha value is -1.57. The van der Waals surface area contributed by atoms with Crippen molar-refractivity contribution in [3.63, 3.8) is 0 Å². The molecule has 0 atom stereocenters. The van der Waals surface area contributed by atoms with E-state index in [4.69, 9.17) is 0 Å². The second-order valence-corrected chi connectivity index (χ2v) is 3.75. The molecule has 0 N–H and O–H groups in total. The Balaban J connectivity index is 2.89. The van der Waals surface area contributed by atoms with Gasteiger partial charge in [-0.1, -0.05) is 35.9 Å². The van der Waals surface area contributed by atoms with Crippen molar-refractivity contribution in [1.82, 2.24) is 4.90 Å². The van der Waals surface area contributed by atoms with Gasteiger partial charge in [-0.2, -0.15) is 0 Å². The molecule has 0 aliphatic rings. The van der Waals surface area contributed by atoms with Crippen molar-refractivity contribution in [3.05, 3.63) is 41.5 Å². The maximum absolute atomic E-state index is 4.40. The molecule has 0 saturated heterocycles. The number of allylic oxidation sites excluding steroid dienone is 1. The smallest absolute Gasteiger partial charge is 0.0907 e. The van der Waals surface area contributed by atoms with E-state index in [1.165, 1.54) is 5.56 Å². The Morgan fingerprint density at radius 1 is 1.20 bits per heavy atom. The Morgan fingerprint density at radius 3 is 2.27 bits per heavy atom. The van der Waals surface area contributed by atoms with Crippen molar-refractivity contribution in [2.45, 2.75) is 13.8 Å². The van der Waals surface area contributed by atoms with E-state index < -0.39 is 0 Å². The van der Waals surface area contributed by atoms with Gasteiger partial charge >= 0.3 is 0 Å². The average Bonchev–Trinajstić information content (AvgIpc) is 2.21. The molecule has 1 rings (SSSR count). The van der Waals surface area contributed by atoms with E-state index in [1.54, 1.807) is 0 Å². The third kappa shape index (κ3) is 3.58. The number of nitrogens with zero attached hydrogens (tertiary/aromatic N) is 2. The highest BCUT2D eigenvalue weighted by Gasteiger charge is 1.96. The van der Waals surface area contributed by atoms with Crippen LogP contribution in [-0.2, 0) is 0 Å².